The number of rotatable bonds is 4. The van der Waals surface area contributed by atoms with Gasteiger partial charge in [-0.15, -0.1) is 0 Å². The number of aliphatic carboxylic acids is 1. The second-order valence-electron chi connectivity index (χ2n) is 4.77. The van der Waals surface area contributed by atoms with E-state index in [0.29, 0.717) is 0 Å². The zero-order valence-electron chi connectivity index (χ0n) is 11.1. The van der Waals surface area contributed by atoms with Crippen LogP contribution in [0, 0.1) is 0 Å². The lowest BCUT2D eigenvalue weighted by Crippen LogP contribution is -2.49. The Morgan fingerprint density at radius 3 is 2.58 bits per heavy atom. The SMILES string of the molecule is CCN1CCN(C(C(=O)O)c2cccc(Br)c2)CC1. The summed E-state index contributed by atoms with van der Waals surface area (Å²) in [6.07, 6.45) is 0. The molecule has 0 aromatic heterocycles. The number of piperazine rings is 1. The molecule has 5 heteroatoms. The minimum Gasteiger partial charge on any atom is -0.480 e. The van der Waals surface area contributed by atoms with Crippen molar-refractivity contribution >= 4 is 21.9 Å². The van der Waals surface area contributed by atoms with Crippen LogP contribution in [0.4, 0.5) is 0 Å². The number of hydrogen-bond acceptors (Lipinski definition) is 3. The lowest BCUT2D eigenvalue weighted by molar-refractivity contribution is -0.144. The summed E-state index contributed by atoms with van der Waals surface area (Å²) in [5, 5.41) is 9.52. The van der Waals surface area contributed by atoms with Crippen molar-refractivity contribution in [1.29, 1.82) is 0 Å². The second-order valence-corrected chi connectivity index (χ2v) is 5.68. The summed E-state index contributed by atoms with van der Waals surface area (Å²) in [6.45, 7) is 6.65. The molecule has 1 fully saturated rings. The Morgan fingerprint density at radius 1 is 1.37 bits per heavy atom. The first-order chi connectivity index (χ1) is 9.11. The molecule has 1 aromatic rings. The van der Waals surface area contributed by atoms with Gasteiger partial charge in [-0.2, -0.15) is 0 Å². The van der Waals surface area contributed by atoms with Crippen molar-refractivity contribution in [3.63, 3.8) is 0 Å². The molecule has 19 heavy (non-hydrogen) atoms. The molecule has 0 amide bonds. The van der Waals surface area contributed by atoms with E-state index in [2.05, 4.69) is 32.7 Å². The van der Waals surface area contributed by atoms with Gasteiger partial charge < -0.3 is 10.0 Å². The van der Waals surface area contributed by atoms with Gasteiger partial charge in [0.05, 0.1) is 0 Å². The predicted molar refractivity (Wildman–Crippen MR) is 78.2 cm³/mol. The van der Waals surface area contributed by atoms with E-state index < -0.39 is 12.0 Å². The first kappa shape index (κ1) is 14.5. The van der Waals surface area contributed by atoms with E-state index in [9.17, 15) is 9.90 Å². The monoisotopic (exact) mass is 326 g/mol. The van der Waals surface area contributed by atoms with Gasteiger partial charge in [-0.05, 0) is 24.2 Å². The van der Waals surface area contributed by atoms with Gasteiger partial charge in [-0.1, -0.05) is 35.0 Å². The molecule has 1 unspecified atom stereocenters. The summed E-state index contributed by atoms with van der Waals surface area (Å²) >= 11 is 3.40. The highest BCUT2D eigenvalue weighted by Gasteiger charge is 2.29. The van der Waals surface area contributed by atoms with Crippen LogP contribution >= 0.6 is 15.9 Å². The third kappa shape index (κ3) is 3.55. The van der Waals surface area contributed by atoms with Crippen molar-refractivity contribution < 1.29 is 9.90 Å². The van der Waals surface area contributed by atoms with Gasteiger partial charge in [0.15, 0.2) is 0 Å². The van der Waals surface area contributed by atoms with E-state index in [1.54, 1.807) is 0 Å². The van der Waals surface area contributed by atoms with Gasteiger partial charge in [0.1, 0.15) is 6.04 Å². The van der Waals surface area contributed by atoms with Crippen molar-refractivity contribution in [1.82, 2.24) is 9.80 Å². The van der Waals surface area contributed by atoms with Gasteiger partial charge in [0, 0.05) is 30.7 Å². The fraction of sp³-hybridized carbons (Fsp3) is 0.500. The molecule has 0 aliphatic carbocycles. The molecule has 1 aliphatic rings. The van der Waals surface area contributed by atoms with Gasteiger partial charge >= 0.3 is 5.97 Å². The average Bonchev–Trinajstić information content (AvgIpc) is 2.39. The minimum atomic E-state index is -0.775. The van der Waals surface area contributed by atoms with Crippen molar-refractivity contribution in [2.24, 2.45) is 0 Å². The van der Waals surface area contributed by atoms with E-state index in [1.165, 1.54) is 0 Å². The summed E-state index contributed by atoms with van der Waals surface area (Å²) in [7, 11) is 0. The van der Waals surface area contributed by atoms with Crippen molar-refractivity contribution in [3.05, 3.63) is 34.3 Å². The molecule has 0 radical (unpaired) electrons. The molecule has 0 spiro atoms. The quantitative estimate of drug-likeness (QED) is 0.921. The predicted octanol–water partition coefficient (Wildman–Crippen LogP) is 2.21. The molecule has 1 aliphatic heterocycles. The Morgan fingerprint density at radius 2 is 2.05 bits per heavy atom. The molecule has 1 saturated heterocycles. The fourth-order valence-corrected chi connectivity index (χ4v) is 2.94. The van der Waals surface area contributed by atoms with E-state index in [4.69, 9.17) is 0 Å². The van der Waals surface area contributed by atoms with Gasteiger partial charge in [0.2, 0.25) is 0 Å². The van der Waals surface area contributed by atoms with Crippen LogP contribution in [0.2, 0.25) is 0 Å². The van der Waals surface area contributed by atoms with Crippen molar-refractivity contribution in [3.8, 4) is 0 Å². The van der Waals surface area contributed by atoms with Crippen LogP contribution < -0.4 is 0 Å². The van der Waals surface area contributed by atoms with Crippen LogP contribution in [0.1, 0.15) is 18.5 Å². The minimum absolute atomic E-state index is 0.545. The van der Waals surface area contributed by atoms with E-state index in [0.717, 1.165) is 42.8 Å². The normalized spacial score (nSPS) is 19.3. The first-order valence-electron chi connectivity index (χ1n) is 6.56. The molecule has 1 atom stereocenters. The summed E-state index contributed by atoms with van der Waals surface area (Å²) < 4.78 is 0.920. The first-order valence-corrected chi connectivity index (χ1v) is 7.35. The largest absolute Gasteiger partial charge is 0.480 e. The maximum absolute atomic E-state index is 11.6. The van der Waals surface area contributed by atoms with Crippen LogP contribution in [-0.2, 0) is 4.79 Å². The molecule has 2 rings (SSSR count). The summed E-state index contributed by atoms with van der Waals surface area (Å²) in [4.78, 5) is 16.0. The molecule has 0 bridgehead atoms. The average molecular weight is 327 g/mol. The Labute approximate surface area is 122 Å². The Balaban J connectivity index is 2.15. The Bertz CT molecular complexity index is 445. The van der Waals surface area contributed by atoms with Crippen molar-refractivity contribution in [2.45, 2.75) is 13.0 Å². The zero-order valence-corrected chi connectivity index (χ0v) is 12.6. The molecular weight excluding hydrogens is 308 g/mol. The highest BCUT2D eigenvalue weighted by Crippen LogP contribution is 2.25. The molecule has 1 heterocycles. The number of halogens is 1. The van der Waals surface area contributed by atoms with E-state index >= 15 is 0 Å². The number of hydrogen-bond donors (Lipinski definition) is 1. The summed E-state index contributed by atoms with van der Waals surface area (Å²) in [6, 6.07) is 7.03. The maximum Gasteiger partial charge on any atom is 0.325 e. The molecular formula is C14H19BrN2O2. The topological polar surface area (TPSA) is 43.8 Å². The lowest BCUT2D eigenvalue weighted by Gasteiger charge is -2.37. The second kappa shape index (κ2) is 6.50. The summed E-state index contributed by atoms with van der Waals surface area (Å²) in [5.74, 6) is -0.775. The number of carbonyl (C=O) groups is 1. The number of carboxylic acids is 1. The van der Waals surface area contributed by atoms with Crippen LogP contribution in [0.15, 0.2) is 28.7 Å². The van der Waals surface area contributed by atoms with Crippen LogP contribution in [0.3, 0.4) is 0 Å². The van der Waals surface area contributed by atoms with Gasteiger partial charge in [-0.25, -0.2) is 0 Å². The fourth-order valence-electron chi connectivity index (χ4n) is 2.52. The zero-order chi connectivity index (χ0) is 13.8. The smallest absolute Gasteiger partial charge is 0.325 e. The van der Waals surface area contributed by atoms with Crippen LogP contribution in [0.25, 0.3) is 0 Å². The van der Waals surface area contributed by atoms with Gasteiger partial charge in [-0.3, -0.25) is 9.69 Å². The van der Waals surface area contributed by atoms with E-state index in [-0.39, 0.29) is 0 Å². The summed E-state index contributed by atoms with van der Waals surface area (Å²) in [5.41, 5.74) is 0.840. The molecule has 4 nitrogen and oxygen atoms in total. The van der Waals surface area contributed by atoms with Gasteiger partial charge in [0.25, 0.3) is 0 Å². The highest BCUT2D eigenvalue weighted by molar-refractivity contribution is 9.10. The number of nitrogens with zero attached hydrogens (tertiary/aromatic N) is 2. The Kier molecular flexibility index (Phi) is 4.96. The molecule has 104 valence electrons. The maximum atomic E-state index is 11.6. The van der Waals surface area contributed by atoms with Crippen LogP contribution in [0.5, 0.6) is 0 Å². The number of carboxylic acid groups (broad SMARTS) is 1. The highest BCUT2D eigenvalue weighted by atomic mass is 79.9. The lowest BCUT2D eigenvalue weighted by atomic mass is 10.0. The third-order valence-electron chi connectivity index (χ3n) is 3.62. The van der Waals surface area contributed by atoms with E-state index in [1.807, 2.05) is 24.3 Å². The molecule has 1 aromatic carbocycles. The third-order valence-corrected chi connectivity index (χ3v) is 4.11. The number of benzene rings is 1. The standard InChI is InChI=1S/C14H19BrN2O2/c1-2-16-6-8-17(9-7-16)13(14(18)19)11-4-3-5-12(15)10-11/h3-5,10,13H,2,6-9H2,1H3,(H,18,19). The molecule has 0 saturated carbocycles. The Hall–Kier alpha value is -0.910. The molecule has 1 N–H and O–H groups in total. The van der Waals surface area contributed by atoms with Crippen LogP contribution in [-0.4, -0.2) is 53.6 Å². The van der Waals surface area contributed by atoms with Crippen molar-refractivity contribution in [2.75, 3.05) is 32.7 Å². The number of likely N-dealkylation sites (N-methyl/N-ethyl adjacent to an activating group) is 1.